The molecule has 1 aromatic rings. The van der Waals surface area contributed by atoms with E-state index in [9.17, 15) is 13.2 Å². The molecule has 1 rings (SSSR count). The maximum Gasteiger partial charge on any atom is 0.241 e. The molecule has 118 valence electrons. The van der Waals surface area contributed by atoms with E-state index in [0.29, 0.717) is 12.3 Å². The molecule has 0 heterocycles. The molecule has 0 spiro atoms. The second-order valence-electron chi connectivity index (χ2n) is 5.61. The molecule has 0 aliphatic heterocycles. The molecule has 0 aliphatic carbocycles. The number of carbonyl (C=O) groups excluding carboxylic acids is 1. The monoisotopic (exact) mass is 312 g/mol. The summed E-state index contributed by atoms with van der Waals surface area (Å²) in [6.07, 6.45) is 0.655. The van der Waals surface area contributed by atoms with Crippen LogP contribution >= 0.6 is 0 Å². The van der Waals surface area contributed by atoms with Crippen LogP contribution in [0.3, 0.4) is 0 Å². The highest BCUT2D eigenvalue weighted by Crippen LogP contribution is 2.18. The van der Waals surface area contributed by atoms with Gasteiger partial charge < -0.3 is 5.73 Å². The molecular weight excluding hydrogens is 288 g/mol. The Bertz CT molecular complexity index is 579. The van der Waals surface area contributed by atoms with Crippen LogP contribution < -0.4 is 10.5 Å². The first-order valence-corrected chi connectivity index (χ1v) is 8.59. The summed E-state index contributed by atoms with van der Waals surface area (Å²) in [7, 11) is -3.75. The Labute approximate surface area is 127 Å². The second kappa shape index (κ2) is 7.04. The van der Waals surface area contributed by atoms with Gasteiger partial charge in [0.2, 0.25) is 15.9 Å². The zero-order chi connectivity index (χ0) is 16.2. The zero-order valence-electron chi connectivity index (χ0n) is 13.0. The van der Waals surface area contributed by atoms with E-state index in [0.717, 1.165) is 5.56 Å². The molecule has 5 nitrogen and oxygen atoms in total. The molecule has 21 heavy (non-hydrogen) atoms. The number of sulfonamides is 1. The third-order valence-corrected chi connectivity index (χ3v) is 5.12. The molecule has 0 aromatic heterocycles. The lowest BCUT2D eigenvalue weighted by molar-refractivity contribution is -0.120. The topological polar surface area (TPSA) is 89.3 Å². The van der Waals surface area contributed by atoms with Gasteiger partial charge in [-0.1, -0.05) is 46.2 Å². The van der Waals surface area contributed by atoms with Gasteiger partial charge in [-0.3, -0.25) is 4.79 Å². The van der Waals surface area contributed by atoms with E-state index in [1.54, 1.807) is 31.2 Å². The lowest BCUT2D eigenvalue weighted by Gasteiger charge is -2.21. The molecule has 0 saturated carbocycles. The number of primary amides is 1. The van der Waals surface area contributed by atoms with E-state index in [2.05, 4.69) is 4.72 Å². The maximum absolute atomic E-state index is 12.3. The molecule has 0 fully saturated rings. The third kappa shape index (κ3) is 4.54. The smallest absolute Gasteiger partial charge is 0.241 e. The highest BCUT2D eigenvalue weighted by atomic mass is 32.2. The molecule has 0 radical (unpaired) electrons. The van der Waals surface area contributed by atoms with Gasteiger partial charge in [-0.25, -0.2) is 8.42 Å². The Morgan fingerprint density at radius 3 is 2.10 bits per heavy atom. The van der Waals surface area contributed by atoms with E-state index in [1.165, 1.54) is 0 Å². The van der Waals surface area contributed by atoms with Crippen LogP contribution in [0.1, 0.15) is 45.6 Å². The minimum absolute atomic E-state index is 0.140. The van der Waals surface area contributed by atoms with Gasteiger partial charge in [0, 0.05) is 0 Å². The Balaban J connectivity index is 3.02. The summed E-state index contributed by atoms with van der Waals surface area (Å²) in [5.74, 6) is -0.493. The fraction of sp³-hybridized carbons (Fsp3) is 0.533. The van der Waals surface area contributed by atoms with Crippen molar-refractivity contribution in [3.63, 3.8) is 0 Å². The number of carbonyl (C=O) groups is 1. The standard InChI is InChI=1S/C15H24N2O3S/c1-5-11(4)14(15(16)18)17-21(19,20)13-8-6-12(7-9-13)10(2)3/h6-11,14,17H,5H2,1-4H3,(H2,16,18). The van der Waals surface area contributed by atoms with E-state index < -0.39 is 22.0 Å². The molecule has 0 aliphatic rings. The molecule has 0 bridgehead atoms. The Morgan fingerprint density at radius 1 is 1.19 bits per heavy atom. The number of nitrogens with two attached hydrogens (primary N) is 1. The van der Waals surface area contributed by atoms with Gasteiger partial charge >= 0.3 is 0 Å². The van der Waals surface area contributed by atoms with Crippen LogP contribution in [0.25, 0.3) is 0 Å². The summed E-state index contributed by atoms with van der Waals surface area (Å²) in [4.78, 5) is 11.6. The van der Waals surface area contributed by atoms with E-state index in [4.69, 9.17) is 5.73 Å². The van der Waals surface area contributed by atoms with Crippen LogP contribution in [-0.4, -0.2) is 20.4 Å². The van der Waals surface area contributed by atoms with Crippen molar-refractivity contribution < 1.29 is 13.2 Å². The second-order valence-corrected chi connectivity index (χ2v) is 7.32. The average molecular weight is 312 g/mol. The normalized spacial score (nSPS) is 14.9. The fourth-order valence-corrected chi connectivity index (χ4v) is 3.27. The van der Waals surface area contributed by atoms with Crippen LogP contribution in [0.5, 0.6) is 0 Å². The summed E-state index contributed by atoms with van der Waals surface area (Å²) in [5.41, 5.74) is 6.35. The number of nitrogens with one attached hydrogen (secondary N) is 1. The molecule has 6 heteroatoms. The van der Waals surface area contributed by atoms with Gasteiger partial charge in [-0.05, 0) is 29.5 Å². The van der Waals surface area contributed by atoms with Crippen molar-refractivity contribution in [1.29, 1.82) is 0 Å². The summed E-state index contributed by atoms with van der Waals surface area (Å²) >= 11 is 0. The van der Waals surface area contributed by atoms with Gasteiger partial charge in [0.05, 0.1) is 4.90 Å². The van der Waals surface area contributed by atoms with Crippen LogP contribution in [0.15, 0.2) is 29.2 Å². The number of hydrogen-bond acceptors (Lipinski definition) is 3. The lowest BCUT2D eigenvalue weighted by Crippen LogP contribution is -2.48. The highest BCUT2D eigenvalue weighted by Gasteiger charge is 2.27. The van der Waals surface area contributed by atoms with Crippen molar-refractivity contribution in [3.8, 4) is 0 Å². The molecule has 3 N–H and O–H groups in total. The Hall–Kier alpha value is -1.40. The number of benzene rings is 1. The first kappa shape index (κ1) is 17.7. The molecule has 2 unspecified atom stereocenters. The lowest BCUT2D eigenvalue weighted by atomic mass is 10.00. The molecule has 1 aromatic carbocycles. The van der Waals surface area contributed by atoms with Gasteiger partial charge in [-0.2, -0.15) is 4.72 Å². The SMILES string of the molecule is CCC(C)C(NS(=O)(=O)c1ccc(C(C)C)cc1)C(N)=O. The van der Waals surface area contributed by atoms with Gasteiger partial charge in [0.1, 0.15) is 6.04 Å². The highest BCUT2D eigenvalue weighted by molar-refractivity contribution is 7.89. The van der Waals surface area contributed by atoms with Crippen LogP contribution in [0.4, 0.5) is 0 Å². The maximum atomic E-state index is 12.3. The van der Waals surface area contributed by atoms with Crippen molar-refractivity contribution in [2.24, 2.45) is 11.7 Å². The predicted molar refractivity (Wildman–Crippen MR) is 83.3 cm³/mol. The Morgan fingerprint density at radius 2 is 1.71 bits per heavy atom. The van der Waals surface area contributed by atoms with Crippen molar-refractivity contribution in [1.82, 2.24) is 4.72 Å². The summed E-state index contributed by atoms with van der Waals surface area (Å²) < 4.78 is 27.1. The quantitative estimate of drug-likeness (QED) is 0.807. The summed E-state index contributed by atoms with van der Waals surface area (Å²) in [5, 5.41) is 0. The van der Waals surface area contributed by atoms with Crippen molar-refractivity contribution in [2.45, 2.75) is 51.0 Å². The predicted octanol–water partition coefficient (Wildman–Crippen LogP) is 1.99. The van der Waals surface area contributed by atoms with Gasteiger partial charge in [0.25, 0.3) is 0 Å². The third-order valence-electron chi connectivity index (χ3n) is 3.66. The van der Waals surface area contributed by atoms with Gasteiger partial charge in [0.15, 0.2) is 0 Å². The van der Waals surface area contributed by atoms with Crippen LogP contribution in [0.2, 0.25) is 0 Å². The summed E-state index contributed by atoms with van der Waals surface area (Å²) in [6.45, 7) is 7.74. The molecule has 1 amide bonds. The van der Waals surface area contributed by atoms with Crippen LogP contribution in [0, 0.1) is 5.92 Å². The first-order valence-electron chi connectivity index (χ1n) is 7.10. The molecule has 0 saturated heterocycles. The first-order chi connectivity index (χ1) is 9.69. The van der Waals surface area contributed by atoms with E-state index in [1.807, 2.05) is 20.8 Å². The number of amides is 1. The van der Waals surface area contributed by atoms with Crippen molar-refractivity contribution in [2.75, 3.05) is 0 Å². The van der Waals surface area contributed by atoms with Crippen molar-refractivity contribution >= 4 is 15.9 Å². The van der Waals surface area contributed by atoms with Gasteiger partial charge in [-0.15, -0.1) is 0 Å². The van der Waals surface area contributed by atoms with E-state index in [-0.39, 0.29) is 10.8 Å². The minimum atomic E-state index is -3.75. The van der Waals surface area contributed by atoms with E-state index >= 15 is 0 Å². The number of hydrogen-bond donors (Lipinski definition) is 2. The largest absolute Gasteiger partial charge is 0.368 e. The number of rotatable bonds is 7. The molecular formula is C15H24N2O3S. The molecule has 2 atom stereocenters. The summed E-state index contributed by atoms with van der Waals surface area (Å²) in [6, 6.07) is 5.76. The van der Waals surface area contributed by atoms with Crippen molar-refractivity contribution in [3.05, 3.63) is 29.8 Å². The van der Waals surface area contributed by atoms with Crippen LogP contribution in [-0.2, 0) is 14.8 Å². The Kier molecular flexibility index (Phi) is 5.92. The average Bonchev–Trinajstić information content (AvgIpc) is 2.43. The minimum Gasteiger partial charge on any atom is -0.368 e. The zero-order valence-corrected chi connectivity index (χ0v) is 13.8. The fourth-order valence-electron chi connectivity index (χ4n) is 1.96.